The number of aliphatic hydroxyl groups is 1. The highest BCUT2D eigenvalue weighted by Crippen LogP contribution is 2.26. The van der Waals surface area contributed by atoms with Crippen molar-refractivity contribution in [3.63, 3.8) is 0 Å². The van der Waals surface area contributed by atoms with Crippen molar-refractivity contribution in [2.45, 2.75) is 19.9 Å². The van der Waals surface area contributed by atoms with Gasteiger partial charge >= 0.3 is 0 Å². The van der Waals surface area contributed by atoms with E-state index in [4.69, 9.17) is 16.3 Å². The molecular formula is C16H20ClN3O3. The molecule has 7 heteroatoms. The van der Waals surface area contributed by atoms with Crippen LogP contribution < -0.4 is 4.74 Å². The maximum atomic E-state index is 12.6. The van der Waals surface area contributed by atoms with Crippen molar-refractivity contribution in [1.29, 1.82) is 0 Å². The number of rotatable bonds is 8. The number of nitrogens with one attached hydrogen (secondary N) is 1. The van der Waals surface area contributed by atoms with E-state index in [1.165, 1.54) is 4.90 Å². The number of benzene rings is 1. The third-order valence-corrected chi connectivity index (χ3v) is 3.49. The SMILES string of the molecule is CCCOc1ccc(C(=O)N(CCO)Cc2ncc[nH]2)cc1Cl. The fourth-order valence-electron chi connectivity index (χ4n) is 2.08. The van der Waals surface area contributed by atoms with Crippen LogP contribution in [0.15, 0.2) is 30.6 Å². The molecule has 0 aliphatic carbocycles. The van der Waals surface area contributed by atoms with Crippen molar-refractivity contribution in [1.82, 2.24) is 14.9 Å². The van der Waals surface area contributed by atoms with Gasteiger partial charge in [-0.2, -0.15) is 0 Å². The van der Waals surface area contributed by atoms with E-state index in [0.29, 0.717) is 28.8 Å². The zero-order valence-electron chi connectivity index (χ0n) is 13.0. The Morgan fingerprint density at radius 2 is 2.30 bits per heavy atom. The van der Waals surface area contributed by atoms with Gasteiger partial charge in [0.05, 0.1) is 24.8 Å². The van der Waals surface area contributed by atoms with Gasteiger partial charge in [-0.15, -0.1) is 0 Å². The molecule has 0 radical (unpaired) electrons. The van der Waals surface area contributed by atoms with Crippen LogP contribution in [0.25, 0.3) is 0 Å². The lowest BCUT2D eigenvalue weighted by Crippen LogP contribution is -2.33. The van der Waals surface area contributed by atoms with Gasteiger partial charge < -0.3 is 19.7 Å². The molecule has 0 spiro atoms. The van der Waals surface area contributed by atoms with Crippen LogP contribution in [0.3, 0.4) is 0 Å². The molecule has 0 atom stereocenters. The second-order valence-electron chi connectivity index (χ2n) is 4.98. The monoisotopic (exact) mass is 337 g/mol. The molecule has 1 heterocycles. The molecular weight excluding hydrogens is 318 g/mol. The lowest BCUT2D eigenvalue weighted by Gasteiger charge is -2.21. The van der Waals surface area contributed by atoms with Gasteiger partial charge in [0.2, 0.25) is 0 Å². The Balaban J connectivity index is 2.14. The molecule has 0 bridgehead atoms. The number of nitrogens with zero attached hydrogens (tertiary/aromatic N) is 2. The zero-order chi connectivity index (χ0) is 16.7. The van der Waals surface area contributed by atoms with E-state index in [9.17, 15) is 9.90 Å². The Morgan fingerprint density at radius 3 is 2.91 bits per heavy atom. The number of aromatic amines is 1. The van der Waals surface area contributed by atoms with E-state index >= 15 is 0 Å². The minimum absolute atomic E-state index is 0.127. The first-order chi connectivity index (χ1) is 11.2. The summed E-state index contributed by atoms with van der Waals surface area (Å²) in [4.78, 5) is 21.2. The maximum Gasteiger partial charge on any atom is 0.254 e. The highest BCUT2D eigenvalue weighted by molar-refractivity contribution is 6.32. The molecule has 2 rings (SSSR count). The van der Waals surface area contributed by atoms with E-state index in [-0.39, 0.29) is 25.6 Å². The van der Waals surface area contributed by atoms with Gasteiger partial charge in [0.15, 0.2) is 0 Å². The zero-order valence-corrected chi connectivity index (χ0v) is 13.7. The van der Waals surface area contributed by atoms with Crippen molar-refractivity contribution in [3.05, 3.63) is 47.0 Å². The van der Waals surface area contributed by atoms with Crippen LogP contribution in [-0.2, 0) is 6.54 Å². The minimum atomic E-state index is -0.223. The summed E-state index contributed by atoms with van der Waals surface area (Å²) in [5, 5.41) is 9.58. The molecule has 0 aliphatic heterocycles. The van der Waals surface area contributed by atoms with Crippen molar-refractivity contribution in [3.8, 4) is 5.75 Å². The number of aromatic nitrogens is 2. The molecule has 23 heavy (non-hydrogen) atoms. The smallest absolute Gasteiger partial charge is 0.254 e. The maximum absolute atomic E-state index is 12.6. The van der Waals surface area contributed by atoms with Crippen LogP contribution in [0.5, 0.6) is 5.75 Å². The van der Waals surface area contributed by atoms with Gasteiger partial charge in [0.1, 0.15) is 11.6 Å². The minimum Gasteiger partial charge on any atom is -0.492 e. The number of hydrogen-bond donors (Lipinski definition) is 2. The Hall–Kier alpha value is -2.05. The Labute approximate surface area is 140 Å². The topological polar surface area (TPSA) is 78.4 Å². The summed E-state index contributed by atoms with van der Waals surface area (Å²) >= 11 is 6.17. The lowest BCUT2D eigenvalue weighted by atomic mass is 10.2. The van der Waals surface area contributed by atoms with Gasteiger partial charge in [-0.25, -0.2) is 4.98 Å². The van der Waals surface area contributed by atoms with E-state index in [1.54, 1.807) is 30.6 Å². The number of imidazole rings is 1. The quantitative estimate of drug-likeness (QED) is 0.775. The van der Waals surface area contributed by atoms with Crippen molar-refractivity contribution >= 4 is 17.5 Å². The Morgan fingerprint density at radius 1 is 1.48 bits per heavy atom. The molecule has 2 aromatic rings. The van der Waals surface area contributed by atoms with Crippen molar-refractivity contribution < 1.29 is 14.6 Å². The average Bonchev–Trinajstić information content (AvgIpc) is 3.05. The first kappa shape index (κ1) is 17.3. The standard InChI is InChI=1S/C16H20ClN3O3/c1-2-9-23-14-4-3-12(10-13(14)17)16(22)20(7-8-21)11-15-18-5-6-19-15/h3-6,10,21H,2,7-9,11H2,1H3,(H,18,19). The van der Waals surface area contributed by atoms with E-state index in [2.05, 4.69) is 9.97 Å². The third-order valence-electron chi connectivity index (χ3n) is 3.19. The predicted molar refractivity (Wildman–Crippen MR) is 87.7 cm³/mol. The predicted octanol–water partition coefficient (Wildman–Crippen LogP) is 2.49. The summed E-state index contributed by atoms with van der Waals surface area (Å²) < 4.78 is 5.50. The van der Waals surface area contributed by atoms with E-state index < -0.39 is 0 Å². The van der Waals surface area contributed by atoms with Crippen molar-refractivity contribution in [2.24, 2.45) is 0 Å². The van der Waals surface area contributed by atoms with Crippen LogP contribution in [0.1, 0.15) is 29.5 Å². The molecule has 1 aromatic heterocycles. The van der Waals surface area contributed by atoms with Gasteiger partial charge in [-0.3, -0.25) is 4.79 Å². The first-order valence-electron chi connectivity index (χ1n) is 7.46. The fraction of sp³-hybridized carbons (Fsp3) is 0.375. The molecule has 0 saturated carbocycles. The molecule has 2 N–H and O–H groups in total. The molecule has 0 fully saturated rings. The largest absolute Gasteiger partial charge is 0.492 e. The number of amides is 1. The van der Waals surface area contributed by atoms with Crippen LogP contribution in [0, 0.1) is 0 Å². The number of carbonyl (C=O) groups is 1. The number of H-pyrrole nitrogens is 1. The Kier molecular flexibility index (Phi) is 6.43. The number of ether oxygens (including phenoxy) is 1. The molecule has 0 saturated heterocycles. The van der Waals surface area contributed by atoms with Gasteiger partial charge in [-0.05, 0) is 24.6 Å². The second kappa shape index (κ2) is 8.55. The molecule has 1 aromatic carbocycles. The Bertz CT molecular complexity index is 632. The van der Waals surface area contributed by atoms with Crippen LogP contribution in [0.4, 0.5) is 0 Å². The average molecular weight is 338 g/mol. The number of halogens is 1. The molecule has 124 valence electrons. The van der Waals surface area contributed by atoms with E-state index in [1.807, 2.05) is 6.92 Å². The molecule has 0 unspecified atom stereocenters. The molecule has 6 nitrogen and oxygen atoms in total. The summed E-state index contributed by atoms with van der Waals surface area (Å²) in [7, 11) is 0. The number of aliphatic hydroxyl groups excluding tert-OH is 1. The summed E-state index contributed by atoms with van der Waals surface area (Å²) in [6, 6.07) is 4.95. The van der Waals surface area contributed by atoms with Gasteiger partial charge in [0.25, 0.3) is 5.91 Å². The number of carbonyl (C=O) groups excluding carboxylic acids is 1. The first-order valence-corrected chi connectivity index (χ1v) is 7.84. The lowest BCUT2D eigenvalue weighted by molar-refractivity contribution is 0.0703. The van der Waals surface area contributed by atoms with Crippen LogP contribution >= 0.6 is 11.6 Å². The summed E-state index contributed by atoms with van der Waals surface area (Å²) in [5.74, 6) is 0.991. The van der Waals surface area contributed by atoms with E-state index in [0.717, 1.165) is 6.42 Å². The summed E-state index contributed by atoms with van der Waals surface area (Å²) in [5.41, 5.74) is 0.443. The van der Waals surface area contributed by atoms with Crippen LogP contribution in [0.2, 0.25) is 5.02 Å². The highest BCUT2D eigenvalue weighted by Gasteiger charge is 2.18. The fourth-order valence-corrected chi connectivity index (χ4v) is 2.32. The normalized spacial score (nSPS) is 10.6. The summed E-state index contributed by atoms with van der Waals surface area (Å²) in [6.07, 6.45) is 4.19. The molecule has 0 aliphatic rings. The van der Waals surface area contributed by atoms with Crippen LogP contribution in [-0.4, -0.2) is 45.6 Å². The summed E-state index contributed by atoms with van der Waals surface area (Å²) in [6.45, 7) is 2.95. The second-order valence-corrected chi connectivity index (χ2v) is 5.39. The van der Waals surface area contributed by atoms with Crippen molar-refractivity contribution in [2.75, 3.05) is 19.8 Å². The number of hydrogen-bond acceptors (Lipinski definition) is 4. The highest BCUT2D eigenvalue weighted by atomic mass is 35.5. The van der Waals surface area contributed by atoms with Gasteiger partial charge in [0, 0.05) is 24.5 Å². The third kappa shape index (κ3) is 4.71. The molecule has 1 amide bonds. The van der Waals surface area contributed by atoms with Gasteiger partial charge in [-0.1, -0.05) is 18.5 Å².